The zero-order valence-electron chi connectivity index (χ0n) is 20.0. The summed E-state index contributed by atoms with van der Waals surface area (Å²) in [4.78, 5) is 27.6. The van der Waals surface area contributed by atoms with Gasteiger partial charge in [-0.15, -0.1) is 0 Å². The zero-order chi connectivity index (χ0) is 24.6. The number of hydrogen-bond donors (Lipinski definition) is 1. The molecule has 0 heterocycles. The molecule has 180 valence electrons. The number of nitrogens with one attached hydrogen (secondary N) is 1. The lowest BCUT2D eigenvalue weighted by molar-refractivity contribution is -0.139. The van der Waals surface area contributed by atoms with Gasteiger partial charge in [-0.1, -0.05) is 55.0 Å². The van der Waals surface area contributed by atoms with Crippen LogP contribution in [-0.4, -0.2) is 62.7 Å². The average Bonchev–Trinajstić information content (AvgIpc) is 2.80. The molecule has 9 heteroatoms. The maximum Gasteiger partial charge on any atom is 0.304 e. The van der Waals surface area contributed by atoms with Gasteiger partial charge in [-0.05, 0) is 38.0 Å². The van der Waals surface area contributed by atoms with Crippen molar-refractivity contribution in [3.63, 3.8) is 0 Å². The maximum absolute atomic E-state index is 13.5. The van der Waals surface area contributed by atoms with Gasteiger partial charge in [0, 0.05) is 27.2 Å². The summed E-state index contributed by atoms with van der Waals surface area (Å²) in [5.74, 6) is -0.747. The summed E-state index contributed by atoms with van der Waals surface area (Å²) in [5, 5.41) is 2.82. The Morgan fingerprint density at radius 2 is 1.61 bits per heavy atom. The number of carbonyl (C=O) groups is 2. The summed E-state index contributed by atoms with van der Waals surface area (Å²) in [6.07, 6.45) is 0.771. The first-order valence-electron chi connectivity index (χ1n) is 11.0. The predicted molar refractivity (Wildman–Crippen MR) is 131 cm³/mol. The first kappa shape index (κ1) is 26.3. The minimum absolute atomic E-state index is 0.185. The van der Waals surface area contributed by atoms with Crippen molar-refractivity contribution in [1.82, 2.24) is 14.5 Å². The van der Waals surface area contributed by atoms with Crippen molar-refractivity contribution in [1.29, 1.82) is 0 Å². The summed E-state index contributed by atoms with van der Waals surface area (Å²) in [6, 6.07) is 15.4. The van der Waals surface area contributed by atoms with E-state index in [1.807, 2.05) is 38.1 Å². The molecule has 0 unspecified atom stereocenters. The van der Waals surface area contributed by atoms with Crippen LogP contribution in [-0.2, 0) is 26.3 Å². The van der Waals surface area contributed by atoms with Crippen molar-refractivity contribution in [2.45, 2.75) is 39.8 Å². The van der Waals surface area contributed by atoms with Crippen LogP contribution in [0.2, 0.25) is 0 Å². The molecule has 0 aliphatic heterocycles. The van der Waals surface area contributed by atoms with Crippen LogP contribution in [0, 0.1) is 6.92 Å². The SMILES string of the molecule is CCCNC(=O)[C@@H](C)N(Cc1ccc(C)cc1)C(=O)CN(c1ccccc1)S(=O)(=O)N(C)C. The Bertz CT molecular complexity index is 1020. The molecule has 0 radical (unpaired) electrons. The van der Waals surface area contributed by atoms with E-state index in [9.17, 15) is 18.0 Å². The second kappa shape index (κ2) is 11.8. The number of rotatable bonds is 11. The van der Waals surface area contributed by atoms with E-state index in [1.54, 1.807) is 37.3 Å². The van der Waals surface area contributed by atoms with Crippen LogP contribution in [0.25, 0.3) is 0 Å². The first-order valence-corrected chi connectivity index (χ1v) is 12.4. The summed E-state index contributed by atoms with van der Waals surface area (Å²) in [7, 11) is -1.11. The van der Waals surface area contributed by atoms with E-state index >= 15 is 0 Å². The third kappa shape index (κ3) is 7.03. The molecule has 0 saturated carbocycles. The largest absolute Gasteiger partial charge is 0.354 e. The van der Waals surface area contributed by atoms with Gasteiger partial charge in [0.25, 0.3) is 0 Å². The highest BCUT2D eigenvalue weighted by molar-refractivity contribution is 7.90. The Balaban J connectivity index is 2.39. The predicted octanol–water partition coefficient (Wildman–Crippen LogP) is 2.55. The van der Waals surface area contributed by atoms with Gasteiger partial charge in [0.05, 0.1) is 5.69 Å². The van der Waals surface area contributed by atoms with Crippen molar-refractivity contribution in [3.05, 3.63) is 65.7 Å². The fourth-order valence-electron chi connectivity index (χ4n) is 3.18. The molecular formula is C24H34N4O4S. The maximum atomic E-state index is 13.5. The van der Waals surface area contributed by atoms with E-state index in [0.717, 1.165) is 26.2 Å². The van der Waals surface area contributed by atoms with Crippen LogP contribution in [0.15, 0.2) is 54.6 Å². The summed E-state index contributed by atoms with van der Waals surface area (Å²) in [5.41, 5.74) is 2.31. The van der Waals surface area contributed by atoms with Crippen molar-refractivity contribution in [3.8, 4) is 0 Å². The molecule has 0 bridgehead atoms. The van der Waals surface area contributed by atoms with E-state index < -0.39 is 28.7 Å². The number of carbonyl (C=O) groups excluding carboxylic acids is 2. The molecule has 0 spiro atoms. The molecule has 2 amide bonds. The molecule has 0 saturated heterocycles. The second-order valence-corrected chi connectivity index (χ2v) is 10.2. The Morgan fingerprint density at radius 3 is 2.15 bits per heavy atom. The van der Waals surface area contributed by atoms with Gasteiger partial charge in [-0.25, -0.2) is 4.31 Å². The number of hydrogen-bond acceptors (Lipinski definition) is 4. The van der Waals surface area contributed by atoms with Gasteiger partial charge >= 0.3 is 10.2 Å². The first-order chi connectivity index (χ1) is 15.6. The molecule has 2 aromatic carbocycles. The Morgan fingerprint density at radius 1 is 1.00 bits per heavy atom. The molecule has 0 aliphatic rings. The van der Waals surface area contributed by atoms with Gasteiger partial charge in [-0.2, -0.15) is 12.7 Å². The lowest BCUT2D eigenvalue weighted by Crippen LogP contribution is -2.52. The molecule has 0 fully saturated rings. The topological polar surface area (TPSA) is 90.0 Å². The van der Waals surface area contributed by atoms with E-state index in [4.69, 9.17) is 0 Å². The van der Waals surface area contributed by atoms with E-state index in [1.165, 1.54) is 19.0 Å². The summed E-state index contributed by atoms with van der Waals surface area (Å²) < 4.78 is 28.2. The van der Waals surface area contributed by atoms with Crippen molar-refractivity contribution >= 4 is 27.7 Å². The monoisotopic (exact) mass is 474 g/mol. The molecule has 8 nitrogen and oxygen atoms in total. The molecule has 0 aromatic heterocycles. The van der Waals surface area contributed by atoms with Gasteiger partial charge in [0.1, 0.15) is 12.6 Å². The number of amides is 2. The van der Waals surface area contributed by atoms with E-state index in [0.29, 0.717) is 12.2 Å². The summed E-state index contributed by atoms with van der Waals surface area (Å²) in [6.45, 7) is 5.83. The van der Waals surface area contributed by atoms with Crippen LogP contribution < -0.4 is 9.62 Å². The Kier molecular flexibility index (Phi) is 9.43. The molecule has 2 rings (SSSR count). The number of nitrogens with zero attached hydrogens (tertiary/aromatic N) is 3. The lowest BCUT2D eigenvalue weighted by Gasteiger charge is -2.32. The molecule has 1 N–H and O–H groups in total. The van der Waals surface area contributed by atoms with Gasteiger partial charge < -0.3 is 10.2 Å². The van der Waals surface area contributed by atoms with E-state index in [-0.39, 0.29) is 12.5 Å². The minimum atomic E-state index is -3.94. The highest BCUT2D eigenvalue weighted by atomic mass is 32.2. The van der Waals surface area contributed by atoms with Crippen LogP contribution in [0.1, 0.15) is 31.4 Å². The smallest absolute Gasteiger partial charge is 0.304 e. The van der Waals surface area contributed by atoms with Crippen molar-refractivity contribution in [2.75, 3.05) is 31.5 Å². The van der Waals surface area contributed by atoms with E-state index in [2.05, 4.69) is 5.32 Å². The Labute approximate surface area is 197 Å². The second-order valence-electron chi connectivity index (χ2n) is 8.11. The standard InChI is InChI=1S/C24H34N4O4S/c1-6-16-25-24(30)20(3)27(17-21-14-12-19(2)13-15-21)23(29)18-28(33(31,32)26(4)5)22-10-8-7-9-11-22/h7-15,20H,6,16-18H2,1-5H3,(H,25,30)/t20-/m1/s1. The van der Waals surface area contributed by atoms with Crippen molar-refractivity contribution in [2.24, 2.45) is 0 Å². The van der Waals surface area contributed by atoms with Gasteiger partial charge in [0.15, 0.2) is 0 Å². The zero-order valence-corrected chi connectivity index (χ0v) is 20.8. The lowest BCUT2D eigenvalue weighted by atomic mass is 10.1. The number of para-hydroxylation sites is 1. The third-order valence-electron chi connectivity index (χ3n) is 5.25. The fourth-order valence-corrected chi connectivity index (χ4v) is 4.24. The highest BCUT2D eigenvalue weighted by Crippen LogP contribution is 2.20. The number of anilines is 1. The van der Waals surface area contributed by atoms with Crippen LogP contribution in [0.3, 0.4) is 0 Å². The van der Waals surface area contributed by atoms with Gasteiger partial charge in [-0.3, -0.25) is 9.59 Å². The minimum Gasteiger partial charge on any atom is -0.354 e. The molecular weight excluding hydrogens is 440 g/mol. The molecule has 33 heavy (non-hydrogen) atoms. The quantitative estimate of drug-likeness (QED) is 0.542. The number of benzene rings is 2. The third-order valence-corrected chi connectivity index (χ3v) is 7.07. The van der Waals surface area contributed by atoms with Crippen molar-refractivity contribution < 1.29 is 18.0 Å². The van der Waals surface area contributed by atoms with Crippen LogP contribution in [0.5, 0.6) is 0 Å². The summed E-state index contributed by atoms with van der Waals surface area (Å²) >= 11 is 0. The number of aryl methyl sites for hydroxylation is 1. The normalized spacial score (nSPS) is 12.3. The molecule has 1 atom stereocenters. The fraction of sp³-hybridized carbons (Fsp3) is 0.417. The van der Waals surface area contributed by atoms with Crippen LogP contribution >= 0.6 is 0 Å². The average molecular weight is 475 g/mol. The molecule has 2 aromatic rings. The highest BCUT2D eigenvalue weighted by Gasteiger charge is 2.32. The van der Waals surface area contributed by atoms with Crippen LogP contribution in [0.4, 0.5) is 5.69 Å². The Hall–Kier alpha value is -2.91. The molecule has 0 aliphatic carbocycles. The van der Waals surface area contributed by atoms with Gasteiger partial charge in [0.2, 0.25) is 11.8 Å².